The van der Waals surface area contributed by atoms with Gasteiger partial charge in [0.15, 0.2) is 0 Å². The standard InChI is InChI=1S/C15H15N5O3S/c1-8-16-6-9(24-8)7-17-13(21)11-5-4-10-12(18-11)19(2)15(23)20(3)14(10)22/h4-6H,7H2,1-3H3,(H,17,21). The molecule has 0 saturated carbocycles. The second-order valence-corrected chi connectivity index (χ2v) is 6.62. The summed E-state index contributed by atoms with van der Waals surface area (Å²) in [7, 11) is 2.92. The smallest absolute Gasteiger partial charge is 0.332 e. The van der Waals surface area contributed by atoms with Gasteiger partial charge in [-0.2, -0.15) is 0 Å². The van der Waals surface area contributed by atoms with E-state index in [1.807, 2.05) is 6.92 Å². The Hall–Kier alpha value is -2.81. The van der Waals surface area contributed by atoms with Crippen LogP contribution in [0.5, 0.6) is 0 Å². The van der Waals surface area contributed by atoms with E-state index in [1.54, 1.807) is 6.20 Å². The van der Waals surface area contributed by atoms with Gasteiger partial charge in [0, 0.05) is 25.2 Å². The molecule has 0 aliphatic heterocycles. The average Bonchev–Trinajstić information content (AvgIpc) is 3.00. The molecule has 8 nitrogen and oxygen atoms in total. The average molecular weight is 345 g/mol. The first-order chi connectivity index (χ1) is 11.4. The fourth-order valence-electron chi connectivity index (χ4n) is 2.33. The number of carbonyl (C=O) groups excluding carboxylic acids is 1. The second kappa shape index (κ2) is 6.00. The molecule has 3 aromatic rings. The van der Waals surface area contributed by atoms with Gasteiger partial charge in [-0.3, -0.25) is 18.7 Å². The molecule has 0 fully saturated rings. The Labute approximate surface area is 140 Å². The van der Waals surface area contributed by atoms with E-state index in [1.165, 1.54) is 42.1 Å². The van der Waals surface area contributed by atoms with Crippen LogP contribution in [0, 0.1) is 6.92 Å². The molecule has 9 heteroatoms. The fourth-order valence-corrected chi connectivity index (χ4v) is 3.06. The monoisotopic (exact) mass is 345 g/mol. The molecule has 0 bridgehead atoms. The lowest BCUT2D eigenvalue weighted by Crippen LogP contribution is -2.37. The van der Waals surface area contributed by atoms with Gasteiger partial charge in [0.2, 0.25) is 0 Å². The minimum atomic E-state index is -0.488. The number of rotatable bonds is 3. The molecule has 0 atom stereocenters. The van der Waals surface area contributed by atoms with E-state index in [-0.39, 0.29) is 22.6 Å². The number of amides is 1. The van der Waals surface area contributed by atoms with Crippen molar-refractivity contribution < 1.29 is 4.79 Å². The zero-order valence-corrected chi connectivity index (χ0v) is 14.2. The molecule has 0 aliphatic carbocycles. The van der Waals surface area contributed by atoms with Gasteiger partial charge in [-0.15, -0.1) is 11.3 Å². The zero-order chi connectivity index (χ0) is 17.4. The van der Waals surface area contributed by atoms with Crippen LogP contribution in [0.15, 0.2) is 27.9 Å². The number of thiazole rings is 1. The highest BCUT2D eigenvalue weighted by molar-refractivity contribution is 7.11. The first-order valence-electron chi connectivity index (χ1n) is 7.14. The maximum absolute atomic E-state index is 12.3. The molecule has 3 heterocycles. The van der Waals surface area contributed by atoms with Crippen LogP contribution in [-0.4, -0.2) is 25.0 Å². The molecule has 0 aliphatic rings. The highest BCUT2D eigenvalue weighted by atomic mass is 32.1. The lowest BCUT2D eigenvalue weighted by molar-refractivity contribution is 0.0946. The maximum Gasteiger partial charge on any atom is 0.332 e. The molecule has 3 rings (SSSR count). The van der Waals surface area contributed by atoms with Gasteiger partial charge in [-0.25, -0.2) is 14.8 Å². The van der Waals surface area contributed by atoms with Crippen LogP contribution in [0.25, 0.3) is 11.0 Å². The van der Waals surface area contributed by atoms with Gasteiger partial charge >= 0.3 is 5.69 Å². The molecule has 124 valence electrons. The Morgan fingerprint density at radius 2 is 2.00 bits per heavy atom. The van der Waals surface area contributed by atoms with Crippen molar-refractivity contribution in [3.05, 3.63) is 54.7 Å². The summed E-state index contributed by atoms with van der Waals surface area (Å²) < 4.78 is 2.26. The number of nitrogens with one attached hydrogen (secondary N) is 1. The summed E-state index contributed by atoms with van der Waals surface area (Å²) in [6, 6.07) is 2.98. The molecule has 0 saturated heterocycles. The second-order valence-electron chi connectivity index (χ2n) is 5.30. The lowest BCUT2D eigenvalue weighted by atomic mass is 10.2. The summed E-state index contributed by atoms with van der Waals surface area (Å²) in [6.07, 6.45) is 1.71. The highest BCUT2D eigenvalue weighted by Gasteiger charge is 2.14. The molecule has 0 aromatic carbocycles. The largest absolute Gasteiger partial charge is 0.346 e. The Morgan fingerprint density at radius 3 is 2.67 bits per heavy atom. The van der Waals surface area contributed by atoms with E-state index < -0.39 is 11.2 Å². The quantitative estimate of drug-likeness (QED) is 0.737. The van der Waals surface area contributed by atoms with E-state index in [9.17, 15) is 14.4 Å². The van der Waals surface area contributed by atoms with E-state index in [0.717, 1.165) is 14.5 Å². The van der Waals surface area contributed by atoms with Gasteiger partial charge in [0.05, 0.1) is 16.9 Å². The fraction of sp³-hybridized carbons (Fsp3) is 0.267. The minimum absolute atomic E-state index is 0.145. The molecule has 3 aromatic heterocycles. The highest BCUT2D eigenvalue weighted by Crippen LogP contribution is 2.11. The number of hydrogen-bond donors (Lipinski definition) is 1. The lowest BCUT2D eigenvalue weighted by Gasteiger charge is -2.08. The van der Waals surface area contributed by atoms with E-state index in [0.29, 0.717) is 6.54 Å². The van der Waals surface area contributed by atoms with Crippen molar-refractivity contribution in [2.75, 3.05) is 0 Å². The van der Waals surface area contributed by atoms with Gasteiger partial charge < -0.3 is 5.32 Å². The first kappa shape index (κ1) is 16.1. The molecule has 24 heavy (non-hydrogen) atoms. The van der Waals surface area contributed by atoms with E-state index in [4.69, 9.17) is 0 Å². The number of pyridine rings is 1. The van der Waals surface area contributed by atoms with Crippen molar-refractivity contribution in [3.8, 4) is 0 Å². The van der Waals surface area contributed by atoms with E-state index >= 15 is 0 Å². The van der Waals surface area contributed by atoms with Gasteiger partial charge in [-0.05, 0) is 19.1 Å². The van der Waals surface area contributed by atoms with Crippen molar-refractivity contribution >= 4 is 28.3 Å². The minimum Gasteiger partial charge on any atom is -0.346 e. The Balaban J connectivity index is 1.94. The SMILES string of the molecule is Cc1ncc(CNC(=O)c2ccc3c(=O)n(C)c(=O)n(C)c3n2)s1. The van der Waals surface area contributed by atoms with Crippen molar-refractivity contribution in [1.29, 1.82) is 0 Å². The molecule has 1 N–H and O–H groups in total. The van der Waals surface area contributed by atoms with Crippen LogP contribution in [0.1, 0.15) is 20.4 Å². The Bertz CT molecular complexity index is 1060. The first-order valence-corrected chi connectivity index (χ1v) is 7.96. The molecule has 0 unspecified atom stereocenters. The molecular weight excluding hydrogens is 330 g/mol. The topological polar surface area (TPSA) is 98.9 Å². The number of aryl methyl sites for hydroxylation is 2. The maximum atomic E-state index is 12.3. The van der Waals surface area contributed by atoms with Crippen molar-refractivity contribution in [2.45, 2.75) is 13.5 Å². The van der Waals surface area contributed by atoms with Crippen LogP contribution in [0.3, 0.4) is 0 Å². The van der Waals surface area contributed by atoms with E-state index in [2.05, 4.69) is 15.3 Å². The molecule has 1 amide bonds. The van der Waals surface area contributed by atoms with Crippen molar-refractivity contribution in [2.24, 2.45) is 14.1 Å². The summed E-state index contributed by atoms with van der Waals surface area (Å²) in [5.41, 5.74) is -0.596. The summed E-state index contributed by atoms with van der Waals surface area (Å²) in [6.45, 7) is 2.24. The summed E-state index contributed by atoms with van der Waals surface area (Å²) in [4.78, 5) is 45.6. The summed E-state index contributed by atoms with van der Waals surface area (Å²) in [5, 5.41) is 3.96. The predicted molar refractivity (Wildman–Crippen MR) is 90.2 cm³/mol. The Morgan fingerprint density at radius 1 is 1.25 bits per heavy atom. The van der Waals surface area contributed by atoms with Crippen LogP contribution in [-0.2, 0) is 20.6 Å². The van der Waals surface area contributed by atoms with Crippen molar-refractivity contribution in [1.82, 2.24) is 24.4 Å². The zero-order valence-electron chi connectivity index (χ0n) is 13.4. The van der Waals surface area contributed by atoms with Gasteiger partial charge in [0.1, 0.15) is 11.3 Å². The Kier molecular flexibility index (Phi) is 4.02. The van der Waals surface area contributed by atoms with Crippen LogP contribution < -0.4 is 16.6 Å². The third kappa shape index (κ3) is 2.73. The number of fused-ring (bicyclic) bond motifs is 1. The number of nitrogens with zero attached hydrogens (tertiary/aromatic N) is 4. The number of hydrogen-bond acceptors (Lipinski definition) is 6. The van der Waals surface area contributed by atoms with Gasteiger partial charge in [-0.1, -0.05) is 0 Å². The third-order valence-corrected chi connectivity index (χ3v) is 4.54. The normalized spacial score (nSPS) is 11.0. The third-order valence-electron chi connectivity index (χ3n) is 3.63. The summed E-state index contributed by atoms with van der Waals surface area (Å²) >= 11 is 1.50. The van der Waals surface area contributed by atoms with Gasteiger partial charge in [0.25, 0.3) is 11.5 Å². The molecule has 0 spiro atoms. The number of aromatic nitrogens is 4. The van der Waals surface area contributed by atoms with Crippen molar-refractivity contribution in [3.63, 3.8) is 0 Å². The molecule has 0 radical (unpaired) electrons. The molecular formula is C15H15N5O3S. The summed E-state index contributed by atoms with van der Waals surface area (Å²) in [5.74, 6) is -0.379. The van der Waals surface area contributed by atoms with Crippen LogP contribution in [0.4, 0.5) is 0 Å². The van der Waals surface area contributed by atoms with Crippen LogP contribution in [0.2, 0.25) is 0 Å². The number of carbonyl (C=O) groups is 1. The van der Waals surface area contributed by atoms with Crippen LogP contribution >= 0.6 is 11.3 Å². The predicted octanol–water partition coefficient (Wildman–Crippen LogP) is 0.327.